The van der Waals surface area contributed by atoms with Crippen molar-refractivity contribution in [1.29, 1.82) is 0 Å². The maximum absolute atomic E-state index is 13.1. The number of Topliss-reactive ketones (excluding diaryl/α,β-unsaturated/α-hetero) is 1. The number of hydrogen-bond donors (Lipinski definition) is 1. The first-order chi connectivity index (χ1) is 15.5. The monoisotopic (exact) mass is 426 g/mol. The summed E-state index contributed by atoms with van der Waals surface area (Å²) in [5.74, 6) is -0.715. The van der Waals surface area contributed by atoms with Crippen molar-refractivity contribution in [1.82, 2.24) is 9.88 Å². The Morgan fingerprint density at radius 1 is 1.09 bits per heavy atom. The fourth-order valence-corrected chi connectivity index (χ4v) is 4.44. The number of carbonyl (C=O) groups excluding carboxylic acids is 2. The summed E-state index contributed by atoms with van der Waals surface area (Å²) < 4.78 is 5.75. The number of pyridine rings is 1. The molecule has 1 N–H and O–H groups in total. The van der Waals surface area contributed by atoms with Gasteiger partial charge < -0.3 is 14.7 Å². The van der Waals surface area contributed by atoms with Crippen LogP contribution in [0.1, 0.15) is 35.2 Å². The Balaban J connectivity index is 1.62. The van der Waals surface area contributed by atoms with Gasteiger partial charge in [-0.2, -0.15) is 0 Å². The molecule has 2 aliphatic heterocycles. The standard InChI is InChI=1S/C26H22N2O4/c1-16-13-20-14-19(7-8-21(20)32-16)24(29)22-23(18-9-11-27-12-10-18)28(26(31)25(22)30)15-17-5-3-2-4-6-17/h2-12,14,16,23,29H,13,15H2,1H3/b24-22+/t16-,23+/m0/s1. The summed E-state index contributed by atoms with van der Waals surface area (Å²) in [6.07, 6.45) is 4.03. The van der Waals surface area contributed by atoms with E-state index >= 15 is 0 Å². The molecule has 2 aliphatic rings. The van der Waals surface area contributed by atoms with Gasteiger partial charge in [-0.1, -0.05) is 30.3 Å². The molecule has 1 aromatic heterocycles. The van der Waals surface area contributed by atoms with Gasteiger partial charge in [0.15, 0.2) is 0 Å². The highest BCUT2D eigenvalue weighted by Crippen LogP contribution is 2.41. The molecule has 0 spiro atoms. The molecule has 1 fully saturated rings. The Hall–Kier alpha value is -3.93. The number of hydrogen-bond acceptors (Lipinski definition) is 5. The van der Waals surface area contributed by atoms with Gasteiger partial charge in [0.2, 0.25) is 0 Å². The number of benzene rings is 2. The topological polar surface area (TPSA) is 79.7 Å². The number of likely N-dealkylation sites (tertiary alicyclic amines) is 1. The lowest BCUT2D eigenvalue weighted by molar-refractivity contribution is -0.140. The summed E-state index contributed by atoms with van der Waals surface area (Å²) in [7, 11) is 0. The van der Waals surface area contributed by atoms with Crippen molar-refractivity contribution in [2.75, 3.05) is 0 Å². The molecule has 0 aliphatic carbocycles. The van der Waals surface area contributed by atoms with Gasteiger partial charge in [-0.3, -0.25) is 14.6 Å². The Morgan fingerprint density at radius 2 is 1.84 bits per heavy atom. The van der Waals surface area contributed by atoms with Crippen LogP contribution in [0.4, 0.5) is 0 Å². The van der Waals surface area contributed by atoms with E-state index in [0.29, 0.717) is 5.56 Å². The average Bonchev–Trinajstić information content (AvgIpc) is 3.31. The summed E-state index contributed by atoms with van der Waals surface area (Å²) >= 11 is 0. The molecule has 3 heterocycles. The molecule has 2 atom stereocenters. The van der Waals surface area contributed by atoms with Crippen molar-refractivity contribution >= 4 is 17.4 Å². The van der Waals surface area contributed by atoms with Crippen LogP contribution in [0.2, 0.25) is 0 Å². The first-order valence-corrected chi connectivity index (χ1v) is 10.5. The van der Waals surface area contributed by atoms with Gasteiger partial charge >= 0.3 is 0 Å². The molecule has 3 aromatic rings. The van der Waals surface area contributed by atoms with E-state index in [2.05, 4.69) is 4.98 Å². The zero-order valence-electron chi connectivity index (χ0n) is 17.6. The number of ketones is 1. The van der Waals surface area contributed by atoms with Crippen molar-refractivity contribution < 1.29 is 19.4 Å². The molecule has 1 saturated heterocycles. The smallest absolute Gasteiger partial charge is 0.295 e. The molecule has 1 amide bonds. The third-order valence-electron chi connectivity index (χ3n) is 5.93. The zero-order valence-corrected chi connectivity index (χ0v) is 17.6. The highest BCUT2D eigenvalue weighted by Gasteiger charge is 2.46. The summed E-state index contributed by atoms with van der Waals surface area (Å²) in [4.78, 5) is 31.8. The Bertz CT molecular complexity index is 1220. The van der Waals surface area contributed by atoms with Crippen LogP contribution < -0.4 is 4.74 Å². The average molecular weight is 426 g/mol. The van der Waals surface area contributed by atoms with Gasteiger partial charge in [0.25, 0.3) is 11.7 Å². The minimum absolute atomic E-state index is 0.0654. The highest BCUT2D eigenvalue weighted by atomic mass is 16.5. The molecule has 0 unspecified atom stereocenters. The molecule has 6 nitrogen and oxygen atoms in total. The third kappa shape index (κ3) is 3.43. The first kappa shape index (κ1) is 20.0. The number of carbonyl (C=O) groups is 2. The molecule has 0 bridgehead atoms. The van der Waals surface area contributed by atoms with Crippen LogP contribution >= 0.6 is 0 Å². The van der Waals surface area contributed by atoms with Gasteiger partial charge in [0.1, 0.15) is 17.6 Å². The van der Waals surface area contributed by atoms with Crippen LogP contribution in [0.25, 0.3) is 5.76 Å². The summed E-state index contributed by atoms with van der Waals surface area (Å²) in [6, 6.07) is 17.7. The quantitative estimate of drug-likeness (QED) is 0.387. The van der Waals surface area contributed by atoms with Crippen molar-refractivity contribution in [3.05, 3.63) is 101 Å². The lowest BCUT2D eigenvalue weighted by Crippen LogP contribution is -2.29. The van der Waals surface area contributed by atoms with E-state index in [1.807, 2.05) is 43.3 Å². The van der Waals surface area contributed by atoms with Crippen molar-refractivity contribution in [2.45, 2.75) is 32.0 Å². The summed E-state index contributed by atoms with van der Waals surface area (Å²) in [6.45, 7) is 2.24. The van der Waals surface area contributed by atoms with Gasteiger partial charge in [-0.15, -0.1) is 0 Å². The van der Waals surface area contributed by atoms with Crippen LogP contribution in [-0.4, -0.2) is 32.8 Å². The van der Waals surface area contributed by atoms with E-state index < -0.39 is 17.7 Å². The van der Waals surface area contributed by atoms with E-state index in [1.165, 1.54) is 4.90 Å². The maximum Gasteiger partial charge on any atom is 0.295 e. The Kier molecular flexibility index (Phi) is 4.98. The van der Waals surface area contributed by atoms with Crippen LogP contribution in [-0.2, 0) is 22.6 Å². The fourth-order valence-electron chi connectivity index (χ4n) is 4.44. The minimum atomic E-state index is -0.707. The number of aliphatic hydroxyl groups is 1. The van der Waals surface area contributed by atoms with Crippen molar-refractivity contribution in [3.63, 3.8) is 0 Å². The number of aliphatic hydroxyl groups excluding tert-OH is 1. The van der Waals surface area contributed by atoms with Crippen LogP contribution in [0.5, 0.6) is 5.75 Å². The Labute approximate surface area is 185 Å². The molecular weight excluding hydrogens is 404 g/mol. The number of ether oxygens (including phenoxy) is 1. The molecule has 6 heteroatoms. The summed E-state index contributed by atoms with van der Waals surface area (Å²) in [5, 5.41) is 11.2. The molecular formula is C26H22N2O4. The molecule has 5 rings (SSSR count). The second-order valence-electron chi connectivity index (χ2n) is 8.15. The molecule has 32 heavy (non-hydrogen) atoms. The lowest BCUT2D eigenvalue weighted by atomic mass is 9.95. The van der Waals surface area contributed by atoms with Gasteiger partial charge in [0.05, 0.1) is 11.6 Å². The lowest BCUT2D eigenvalue weighted by Gasteiger charge is -2.25. The van der Waals surface area contributed by atoms with E-state index in [4.69, 9.17) is 4.74 Å². The largest absolute Gasteiger partial charge is 0.507 e. The first-order valence-electron chi connectivity index (χ1n) is 10.5. The van der Waals surface area contributed by atoms with Gasteiger partial charge in [0, 0.05) is 30.9 Å². The molecule has 2 aromatic carbocycles. The predicted octanol–water partition coefficient (Wildman–Crippen LogP) is 4.03. The van der Waals surface area contributed by atoms with E-state index in [-0.39, 0.29) is 24.0 Å². The fraction of sp³-hybridized carbons (Fsp3) is 0.192. The molecule has 0 saturated carbocycles. The number of aromatic nitrogens is 1. The molecule has 0 radical (unpaired) electrons. The van der Waals surface area contributed by atoms with Crippen LogP contribution in [0.15, 0.2) is 78.6 Å². The highest BCUT2D eigenvalue weighted by molar-refractivity contribution is 6.46. The van der Waals surface area contributed by atoms with Crippen molar-refractivity contribution in [3.8, 4) is 5.75 Å². The normalized spacial score (nSPS) is 21.5. The van der Waals surface area contributed by atoms with Gasteiger partial charge in [-0.25, -0.2) is 0 Å². The van der Waals surface area contributed by atoms with E-state index in [1.54, 1.807) is 36.7 Å². The number of fused-ring (bicyclic) bond motifs is 1. The van der Waals surface area contributed by atoms with E-state index in [0.717, 1.165) is 28.9 Å². The second-order valence-corrected chi connectivity index (χ2v) is 8.15. The Morgan fingerprint density at radius 3 is 2.59 bits per heavy atom. The summed E-state index contributed by atoms with van der Waals surface area (Å²) in [5.41, 5.74) is 3.18. The third-order valence-corrected chi connectivity index (χ3v) is 5.93. The second kappa shape index (κ2) is 7.96. The van der Waals surface area contributed by atoms with Crippen molar-refractivity contribution in [2.24, 2.45) is 0 Å². The molecule has 160 valence electrons. The number of nitrogens with zero attached hydrogens (tertiary/aromatic N) is 2. The number of rotatable bonds is 4. The SMILES string of the molecule is C[C@H]1Cc2cc(/C(O)=C3\C(=O)C(=O)N(Cc4ccccc4)[C@@H]3c3ccncc3)ccc2O1. The van der Waals surface area contributed by atoms with Crippen LogP contribution in [0, 0.1) is 0 Å². The van der Waals surface area contributed by atoms with Gasteiger partial charge in [-0.05, 0) is 53.9 Å². The van der Waals surface area contributed by atoms with Crippen LogP contribution in [0.3, 0.4) is 0 Å². The predicted molar refractivity (Wildman–Crippen MR) is 119 cm³/mol. The maximum atomic E-state index is 13.1. The minimum Gasteiger partial charge on any atom is -0.507 e. The van der Waals surface area contributed by atoms with E-state index in [9.17, 15) is 14.7 Å². The zero-order chi connectivity index (χ0) is 22.2. The number of amides is 1.